The highest BCUT2D eigenvalue weighted by molar-refractivity contribution is 9.10. The van der Waals surface area contributed by atoms with Crippen molar-refractivity contribution in [2.45, 2.75) is 58.3 Å². The van der Waals surface area contributed by atoms with Crippen molar-refractivity contribution in [3.8, 4) is 22.1 Å². The number of aryl methyl sites for hydroxylation is 2. The number of fused-ring (bicyclic) bond motifs is 5. The number of carbonyl (C=O) groups excluding carboxylic acids is 4. The van der Waals surface area contributed by atoms with Crippen molar-refractivity contribution in [1.29, 1.82) is 0 Å². The molecule has 0 radical (unpaired) electrons. The fourth-order valence-electron chi connectivity index (χ4n) is 9.77. The minimum atomic E-state index is -1.40. The van der Waals surface area contributed by atoms with Crippen molar-refractivity contribution < 1.29 is 38.9 Å². The zero-order valence-corrected chi connectivity index (χ0v) is 34.3. The zero-order chi connectivity index (χ0) is 40.0. The summed E-state index contributed by atoms with van der Waals surface area (Å²) in [5, 5.41) is 27.1. The van der Waals surface area contributed by atoms with Gasteiger partial charge in [0.1, 0.15) is 11.5 Å². The summed E-state index contributed by atoms with van der Waals surface area (Å²) in [5.74, 6) is -5.81. The number of phenolic OH excluding ortho intramolecular Hbond substituents is 1. The quantitative estimate of drug-likeness (QED) is 0.0930. The van der Waals surface area contributed by atoms with E-state index in [0.717, 1.165) is 26.1 Å². The van der Waals surface area contributed by atoms with Crippen LogP contribution in [0.5, 0.6) is 11.5 Å². The van der Waals surface area contributed by atoms with Crippen LogP contribution >= 0.6 is 38.9 Å². The molecule has 2 aromatic heterocycles. The number of halogens is 2. The number of nitrogens with zero attached hydrogens (tertiary/aromatic N) is 4. The Morgan fingerprint density at radius 3 is 2.57 bits per heavy atom. The summed E-state index contributed by atoms with van der Waals surface area (Å²) in [6.07, 6.45) is 3.84. The van der Waals surface area contributed by atoms with Gasteiger partial charge in [0, 0.05) is 51.8 Å². The summed E-state index contributed by atoms with van der Waals surface area (Å²) in [6.45, 7) is 3.93. The number of benzene rings is 2. The molecule has 1 saturated carbocycles. The van der Waals surface area contributed by atoms with E-state index in [1.807, 2.05) is 31.2 Å². The minimum Gasteiger partial charge on any atom is -0.504 e. The molecule has 2 saturated heterocycles. The molecule has 4 heterocycles. The van der Waals surface area contributed by atoms with Crippen molar-refractivity contribution in [3.05, 3.63) is 68.7 Å². The van der Waals surface area contributed by atoms with Crippen molar-refractivity contribution in [1.82, 2.24) is 14.7 Å². The predicted molar refractivity (Wildman–Crippen MR) is 214 cm³/mol. The summed E-state index contributed by atoms with van der Waals surface area (Å²) >= 11 is 11.4. The van der Waals surface area contributed by atoms with Gasteiger partial charge in [-0.25, -0.2) is 4.90 Å². The third kappa shape index (κ3) is 5.81. The second kappa shape index (κ2) is 14.1. The molecule has 4 amide bonds. The van der Waals surface area contributed by atoms with E-state index in [0.29, 0.717) is 45.8 Å². The molecule has 4 aliphatic rings. The fraction of sp³-hybridized carbons (Fsp3) is 0.415. The summed E-state index contributed by atoms with van der Waals surface area (Å²) in [7, 11) is 3.12. The van der Waals surface area contributed by atoms with Gasteiger partial charge in [-0.1, -0.05) is 45.6 Å². The fourth-order valence-corrected chi connectivity index (χ4v) is 11.5. The average molecular weight is 864 g/mol. The van der Waals surface area contributed by atoms with Gasteiger partial charge < -0.3 is 14.9 Å². The number of carboxylic acid groups (broad SMARTS) is 1. The van der Waals surface area contributed by atoms with Crippen LogP contribution in [0.25, 0.3) is 20.7 Å². The highest BCUT2D eigenvalue weighted by atomic mass is 79.9. The standard InChI is InChI=1S/C41H40BrClN4O8S/c1-19-24-16-21(43)9-12-30(24)56-36(19)28-18-31(45(3)44-28)47-38(52)27-17-25-22(34(41(27,2)40(47)54)26-14-20(42)15-29(55-4)35(26)50)10-11-23-33(25)39(53)46(37(23)51)13-7-5-6-8-32(48)49/h9-10,12,14-16,18,23,25,27,33-34,50H,5-8,11,13,17H2,1-4H3,(H,48,49). The molecule has 0 bridgehead atoms. The Hall–Kier alpha value is -4.53. The Labute approximate surface area is 340 Å². The van der Waals surface area contributed by atoms with Gasteiger partial charge in [-0.3, -0.25) is 33.6 Å². The first-order chi connectivity index (χ1) is 26.7. The molecule has 15 heteroatoms. The van der Waals surface area contributed by atoms with Crippen molar-refractivity contribution in [2.75, 3.05) is 18.6 Å². The summed E-state index contributed by atoms with van der Waals surface area (Å²) in [4.78, 5) is 72.5. The lowest BCUT2D eigenvalue weighted by Crippen LogP contribution is -2.49. The Balaban J connectivity index is 1.20. The Morgan fingerprint density at radius 2 is 1.84 bits per heavy atom. The molecule has 8 rings (SSSR count). The zero-order valence-electron chi connectivity index (χ0n) is 31.2. The van der Waals surface area contributed by atoms with Gasteiger partial charge in [-0.2, -0.15) is 5.10 Å². The van der Waals surface area contributed by atoms with E-state index in [1.165, 1.54) is 21.6 Å². The highest BCUT2D eigenvalue weighted by Crippen LogP contribution is 2.65. The number of aromatic nitrogens is 2. The van der Waals surface area contributed by atoms with Crippen molar-refractivity contribution in [3.63, 3.8) is 0 Å². The van der Waals surface area contributed by atoms with Gasteiger partial charge in [0.15, 0.2) is 11.5 Å². The number of phenols is 1. The molecule has 292 valence electrons. The van der Waals surface area contributed by atoms with Crippen LogP contribution in [0, 0.1) is 36.0 Å². The third-order valence-corrected chi connectivity index (χ3v) is 14.4. The van der Waals surface area contributed by atoms with Crippen LogP contribution in [0.4, 0.5) is 5.82 Å². The van der Waals surface area contributed by atoms with Crippen LogP contribution in [-0.2, 0) is 31.0 Å². The van der Waals surface area contributed by atoms with Crippen LogP contribution in [-0.4, -0.2) is 68.1 Å². The number of likely N-dealkylation sites (tertiary alicyclic amines) is 1. The van der Waals surface area contributed by atoms with Crippen LogP contribution in [0.2, 0.25) is 5.02 Å². The first kappa shape index (κ1) is 38.3. The first-order valence-corrected chi connectivity index (χ1v) is 20.6. The number of aromatic hydroxyl groups is 1. The Morgan fingerprint density at radius 1 is 1.07 bits per heavy atom. The molecule has 56 heavy (non-hydrogen) atoms. The van der Waals surface area contributed by atoms with Gasteiger partial charge >= 0.3 is 5.97 Å². The largest absolute Gasteiger partial charge is 0.504 e. The minimum absolute atomic E-state index is 0.0151. The van der Waals surface area contributed by atoms with E-state index in [1.54, 1.807) is 43.5 Å². The number of carbonyl (C=O) groups is 5. The van der Waals surface area contributed by atoms with Crippen LogP contribution < -0.4 is 9.64 Å². The summed E-state index contributed by atoms with van der Waals surface area (Å²) in [5.41, 5.74) is 1.28. The summed E-state index contributed by atoms with van der Waals surface area (Å²) in [6, 6.07) is 10.8. The Bertz CT molecular complexity index is 2410. The molecule has 2 aliphatic carbocycles. The molecule has 3 fully saturated rings. The number of imide groups is 2. The average Bonchev–Trinajstić information content (AvgIpc) is 3.82. The van der Waals surface area contributed by atoms with Gasteiger partial charge in [-0.15, -0.1) is 11.3 Å². The molecule has 2 N–H and O–H groups in total. The van der Waals surface area contributed by atoms with Gasteiger partial charge in [-0.05, 0) is 86.7 Å². The van der Waals surface area contributed by atoms with E-state index in [2.05, 4.69) is 15.9 Å². The monoisotopic (exact) mass is 862 g/mol. The number of methoxy groups -OCH3 is 1. The molecule has 2 aromatic carbocycles. The van der Waals surface area contributed by atoms with E-state index in [-0.39, 0.29) is 49.1 Å². The SMILES string of the molecule is COc1cc(Br)cc(C2C3=CCC4C(=O)N(CCCCCC(=O)O)C(=O)C4C3CC3C(=O)N(c4cc(-c5sc6ccc(Cl)cc6c5C)nn4C)C(=O)C32C)c1O. The van der Waals surface area contributed by atoms with E-state index in [4.69, 9.17) is 26.5 Å². The van der Waals surface area contributed by atoms with Crippen LogP contribution in [0.15, 0.2) is 52.5 Å². The third-order valence-electron chi connectivity index (χ3n) is 12.5. The molecule has 2 aliphatic heterocycles. The van der Waals surface area contributed by atoms with Crippen LogP contribution in [0.1, 0.15) is 62.5 Å². The molecule has 4 aromatic rings. The molecular weight excluding hydrogens is 824 g/mol. The number of allylic oxidation sites excluding steroid dienone is 2. The lowest BCUT2D eigenvalue weighted by molar-refractivity contribution is -0.141. The van der Waals surface area contributed by atoms with E-state index < -0.39 is 52.8 Å². The van der Waals surface area contributed by atoms with Gasteiger partial charge in [0.25, 0.3) is 0 Å². The maximum Gasteiger partial charge on any atom is 0.303 e. The highest BCUT2D eigenvalue weighted by Gasteiger charge is 2.68. The van der Waals surface area contributed by atoms with Crippen molar-refractivity contribution in [2.24, 2.45) is 36.1 Å². The lowest BCUT2D eigenvalue weighted by atomic mass is 9.51. The number of rotatable bonds is 10. The maximum absolute atomic E-state index is 15.2. The second-order valence-electron chi connectivity index (χ2n) is 15.4. The summed E-state index contributed by atoms with van der Waals surface area (Å²) < 4.78 is 8.69. The van der Waals surface area contributed by atoms with Gasteiger partial charge in [0.05, 0.1) is 35.2 Å². The van der Waals surface area contributed by atoms with Gasteiger partial charge in [0.2, 0.25) is 23.6 Å². The maximum atomic E-state index is 15.2. The number of carboxylic acids is 1. The smallest absolute Gasteiger partial charge is 0.303 e. The van der Waals surface area contributed by atoms with Crippen molar-refractivity contribution >= 4 is 84.4 Å². The molecule has 6 unspecified atom stereocenters. The number of amides is 4. The molecular formula is C41H40BrClN4O8S. The lowest BCUT2D eigenvalue weighted by Gasteiger charge is -2.49. The predicted octanol–water partition coefficient (Wildman–Crippen LogP) is 7.62. The van der Waals surface area contributed by atoms with Crippen LogP contribution in [0.3, 0.4) is 0 Å². The molecule has 12 nitrogen and oxygen atoms in total. The van der Waals surface area contributed by atoms with E-state index >= 15 is 4.79 Å². The number of ether oxygens (including phenoxy) is 1. The number of unbranched alkanes of at least 4 members (excludes halogenated alkanes) is 2. The Kier molecular flexibility index (Phi) is 9.68. The number of hydrogen-bond acceptors (Lipinski definition) is 9. The first-order valence-electron chi connectivity index (χ1n) is 18.6. The number of thiophene rings is 1. The number of aliphatic carboxylic acids is 1. The van der Waals surface area contributed by atoms with E-state index in [9.17, 15) is 24.3 Å². The second-order valence-corrected chi connectivity index (χ2v) is 17.9. The molecule has 6 atom stereocenters. The topological polar surface area (TPSA) is 159 Å². The number of hydrogen-bond donors (Lipinski definition) is 2. The normalized spacial score (nSPS) is 25.8. The number of anilines is 1. The molecule has 0 spiro atoms.